The Morgan fingerprint density at radius 3 is 2.43 bits per heavy atom. The standard InChI is InChI=1S/C17H29N3O/c1-12-9-20(10-14(12)19(5)6)16-8-13(11-21)7-15(18-16)17(2,3)4/h7-8,12,14,21H,9-11H2,1-6H3. The van der Waals surface area contributed by atoms with Gasteiger partial charge in [-0.05, 0) is 37.7 Å². The molecule has 1 saturated heterocycles. The zero-order chi connectivity index (χ0) is 15.8. The molecule has 2 atom stereocenters. The van der Waals surface area contributed by atoms with E-state index in [1.165, 1.54) is 0 Å². The fourth-order valence-electron chi connectivity index (χ4n) is 3.02. The number of aliphatic hydroxyl groups is 1. The lowest BCUT2D eigenvalue weighted by Crippen LogP contribution is -2.34. The van der Waals surface area contributed by atoms with Crippen LogP contribution in [0.15, 0.2) is 12.1 Å². The Balaban J connectivity index is 2.32. The Hall–Kier alpha value is -1.13. The first-order valence-electron chi connectivity index (χ1n) is 7.76. The zero-order valence-corrected chi connectivity index (χ0v) is 14.2. The molecule has 1 aliphatic heterocycles. The summed E-state index contributed by atoms with van der Waals surface area (Å²) in [6, 6.07) is 4.61. The monoisotopic (exact) mass is 291 g/mol. The van der Waals surface area contributed by atoms with Gasteiger partial charge in [0.2, 0.25) is 0 Å². The van der Waals surface area contributed by atoms with Gasteiger partial charge in [0.05, 0.1) is 6.61 Å². The summed E-state index contributed by atoms with van der Waals surface area (Å²) in [6.45, 7) is 10.9. The van der Waals surface area contributed by atoms with E-state index in [-0.39, 0.29) is 12.0 Å². The Labute approximate surface area is 128 Å². The molecule has 2 rings (SSSR count). The molecule has 0 aliphatic carbocycles. The maximum Gasteiger partial charge on any atom is 0.129 e. The van der Waals surface area contributed by atoms with Crippen LogP contribution in [0.25, 0.3) is 0 Å². The van der Waals surface area contributed by atoms with Crippen molar-refractivity contribution in [1.82, 2.24) is 9.88 Å². The highest BCUT2D eigenvalue weighted by Crippen LogP contribution is 2.29. The number of hydrogen-bond acceptors (Lipinski definition) is 4. The van der Waals surface area contributed by atoms with E-state index in [0.717, 1.165) is 30.2 Å². The van der Waals surface area contributed by atoms with E-state index in [1.54, 1.807) is 0 Å². The largest absolute Gasteiger partial charge is 0.392 e. The second-order valence-electron chi connectivity index (χ2n) is 7.54. The van der Waals surface area contributed by atoms with Crippen LogP contribution in [-0.2, 0) is 12.0 Å². The minimum absolute atomic E-state index is 0.00772. The molecular formula is C17H29N3O. The summed E-state index contributed by atoms with van der Waals surface area (Å²) in [4.78, 5) is 9.51. The highest BCUT2D eigenvalue weighted by atomic mass is 16.3. The number of pyridine rings is 1. The quantitative estimate of drug-likeness (QED) is 0.927. The smallest absolute Gasteiger partial charge is 0.129 e. The summed E-state index contributed by atoms with van der Waals surface area (Å²) < 4.78 is 0. The molecule has 1 aliphatic rings. The molecule has 1 aromatic heterocycles. The van der Waals surface area contributed by atoms with Crippen molar-refractivity contribution in [2.75, 3.05) is 32.1 Å². The van der Waals surface area contributed by atoms with Crippen molar-refractivity contribution in [2.45, 2.75) is 45.8 Å². The van der Waals surface area contributed by atoms with Crippen molar-refractivity contribution in [1.29, 1.82) is 0 Å². The first-order valence-corrected chi connectivity index (χ1v) is 7.76. The fourth-order valence-corrected chi connectivity index (χ4v) is 3.02. The molecule has 2 unspecified atom stereocenters. The van der Waals surface area contributed by atoms with Crippen molar-refractivity contribution in [3.8, 4) is 0 Å². The SMILES string of the molecule is CC1CN(c2cc(CO)cc(C(C)(C)C)n2)CC1N(C)C. The summed E-state index contributed by atoms with van der Waals surface area (Å²) in [6.07, 6.45) is 0. The molecule has 118 valence electrons. The minimum Gasteiger partial charge on any atom is -0.392 e. The number of anilines is 1. The van der Waals surface area contributed by atoms with Crippen molar-refractivity contribution in [2.24, 2.45) is 5.92 Å². The summed E-state index contributed by atoms with van der Waals surface area (Å²) in [5.41, 5.74) is 1.99. The first kappa shape index (κ1) is 16.2. The molecule has 0 spiro atoms. The first-order chi connectivity index (χ1) is 9.72. The van der Waals surface area contributed by atoms with E-state index in [1.807, 2.05) is 12.1 Å². The average molecular weight is 291 g/mol. The van der Waals surface area contributed by atoms with Gasteiger partial charge in [-0.3, -0.25) is 0 Å². The number of likely N-dealkylation sites (N-methyl/N-ethyl adjacent to an activating group) is 1. The van der Waals surface area contributed by atoms with Crippen LogP contribution in [0.1, 0.15) is 39.0 Å². The molecule has 0 saturated carbocycles. The maximum atomic E-state index is 9.53. The lowest BCUT2D eigenvalue weighted by molar-refractivity contribution is 0.266. The van der Waals surface area contributed by atoms with E-state index < -0.39 is 0 Å². The molecule has 1 fully saturated rings. The van der Waals surface area contributed by atoms with Gasteiger partial charge in [-0.25, -0.2) is 4.98 Å². The predicted octanol–water partition coefficient (Wildman–Crippen LogP) is 2.26. The lowest BCUT2D eigenvalue weighted by Gasteiger charge is -2.25. The van der Waals surface area contributed by atoms with Crippen molar-refractivity contribution >= 4 is 5.82 Å². The van der Waals surface area contributed by atoms with Gasteiger partial charge < -0.3 is 14.9 Å². The second-order valence-corrected chi connectivity index (χ2v) is 7.54. The van der Waals surface area contributed by atoms with Crippen LogP contribution < -0.4 is 4.90 Å². The lowest BCUT2D eigenvalue weighted by atomic mass is 9.91. The minimum atomic E-state index is -0.00772. The van der Waals surface area contributed by atoms with Crippen LogP contribution in [0.4, 0.5) is 5.82 Å². The highest BCUT2D eigenvalue weighted by Gasteiger charge is 2.32. The van der Waals surface area contributed by atoms with Crippen LogP contribution in [0.2, 0.25) is 0 Å². The van der Waals surface area contributed by atoms with E-state index in [4.69, 9.17) is 4.98 Å². The van der Waals surface area contributed by atoms with Crippen LogP contribution in [0.5, 0.6) is 0 Å². The second kappa shape index (κ2) is 5.93. The third-order valence-electron chi connectivity index (χ3n) is 4.38. The normalized spacial score (nSPS) is 23.1. The summed E-state index contributed by atoms with van der Waals surface area (Å²) >= 11 is 0. The predicted molar refractivity (Wildman–Crippen MR) is 87.7 cm³/mol. The topological polar surface area (TPSA) is 39.6 Å². The Morgan fingerprint density at radius 2 is 1.95 bits per heavy atom. The van der Waals surface area contributed by atoms with Gasteiger partial charge in [-0.1, -0.05) is 27.7 Å². The Kier molecular flexibility index (Phi) is 4.59. The van der Waals surface area contributed by atoms with E-state index in [0.29, 0.717) is 12.0 Å². The van der Waals surface area contributed by atoms with Gasteiger partial charge >= 0.3 is 0 Å². The van der Waals surface area contributed by atoms with Crippen LogP contribution in [0, 0.1) is 5.92 Å². The zero-order valence-electron chi connectivity index (χ0n) is 14.2. The van der Waals surface area contributed by atoms with Gasteiger partial charge in [0.15, 0.2) is 0 Å². The van der Waals surface area contributed by atoms with Gasteiger partial charge in [-0.15, -0.1) is 0 Å². The van der Waals surface area contributed by atoms with Gasteiger partial charge in [0.1, 0.15) is 5.82 Å². The van der Waals surface area contributed by atoms with Gasteiger partial charge in [0.25, 0.3) is 0 Å². The number of rotatable bonds is 3. The molecule has 0 radical (unpaired) electrons. The molecule has 1 N–H and O–H groups in total. The molecule has 4 heteroatoms. The van der Waals surface area contributed by atoms with Crippen molar-refractivity contribution < 1.29 is 5.11 Å². The molecule has 4 nitrogen and oxygen atoms in total. The van der Waals surface area contributed by atoms with Crippen molar-refractivity contribution in [3.63, 3.8) is 0 Å². The Bertz CT molecular complexity index is 493. The number of nitrogens with zero attached hydrogens (tertiary/aromatic N) is 3. The van der Waals surface area contributed by atoms with Gasteiger partial charge in [-0.2, -0.15) is 0 Å². The molecule has 0 bridgehead atoms. The number of aromatic nitrogens is 1. The average Bonchev–Trinajstić information content (AvgIpc) is 2.79. The highest BCUT2D eigenvalue weighted by molar-refractivity contribution is 5.45. The number of aliphatic hydroxyl groups excluding tert-OH is 1. The van der Waals surface area contributed by atoms with E-state index in [2.05, 4.69) is 51.6 Å². The Morgan fingerprint density at radius 1 is 1.29 bits per heavy atom. The van der Waals surface area contributed by atoms with E-state index >= 15 is 0 Å². The maximum absolute atomic E-state index is 9.53. The third kappa shape index (κ3) is 3.55. The van der Waals surface area contributed by atoms with Crippen LogP contribution in [0.3, 0.4) is 0 Å². The summed E-state index contributed by atoms with van der Waals surface area (Å²) in [5, 5.41) is 9.53. The van der Waals surface area contributed by atoms with E-state index in [9.17, 15) is 5.11 Å². The van der Waals surface area contributed by atoms with Gasteiger partial charge in [0, 0.05) is 30.2 Å². The fraction of sp³-hybridized carbons (Fsp3) is 0.706. The van der Waals surface area contributed by atoms with Crippen LogP contribution in [-0.4, -0.2) is 48.2 Å². The number of hydrogen-bond donors (Lipinski definition) is 1. The summed E-state index contributed by atoms with van der Waals surface area (Å²) in [5.74, 6) is 1.63. The molecule has 1 aromatic rings. The summed E-state index contributed by atoms with van der Waals surface area (Å²) in [7, 11) is 4.28. The van der Waals surface area contributed by atoms with Crippen LogP contribution >= 0.6 is 0 Å². The molecule has 21 heavy (non-hydrogen) atoms. The molecule has 2 heterocycles. The molecule has 0 amide bonds. The third-order valence-corrected chi connectivity index (χ3v) is 4.38. The molecule has 0 aromatic carbocycles. The molecular weight excluding hydrogens is 262 g/mol. The van der Waals surface area contributed by atoms with Crippen molar-refractivity contribution in [3.05, 3.63) is 23.4 Å².